The zero-order valence-corrected chi connectivity index (χ0v) is 17.4. The van der Waals surface area contributed by atoms with Crippen molar-refractivity contribution < 1.29 is 17.9 Å². The Morgan fingerprint density at radius 2 is 1.73 bits per heavy atom. The summed E-state index contributed by atoms with van der Waals surface area (Å²) in [6.07, 6.45) is 1.54. The van der Waals surface area contributed by atoms with Gasteiger partial charge in [-0.05, 0) is 66.9 Å². The maximum absolute atomic E-state index is 13.2. The first-order valence-corrected chi connectivity index (χ1v) is 11.1. The molecule has 3 aromatic carbocycles. The summed E-state index contributed by atoms with van der Waals surface area (Å²) in [5.41, 5.74) is 2.59. The molecular formula is C23H22N2O4S. The minimum absolute atomic E-state index is 0.255. The van der Waals surface area contributed by atoms with Crippen molar-refractivity contribution in [2.24, 2.45) is 0 Å². The van der Waals surface area contributed by atoms with Gasteiger partial charge in [-0.1, -0.05) is 24.3 Å². The molecule has 0 saturated heterocycles. The number of nitrogens with zero attached hydrogens (tertiary/aromatic N) is 1. The molecule has 6 nitrogen and oxygen atoms in total. The maximum atomic E-state index is 13.2. The van der Waals surface area contributed by atoms with Crippen LogP contribution >= 0.6 is 0 Å². The van der Waals surface area contributed by atoms with E-state index in [9.17, 15) is 13.2 Å². The Labute approximate surface area is 176 Å². The van der Waals surface area contributed by atoms with Gasteiger partial charge in [-0.3, -0.25) is 9.10 Å². The van der Waals surface area contributed by atoms with Gasteiger partial charge in [0.1, 0.15) is 5.75 Å². The van der Waals surface area contributed by atoms with Crippen molar-refractivity contribution >= 4 is 27.3 Å². The van der Waals surface area contributed by atoms with E-state index < -0.39 is 10.0 Å². The van der Waals surface area contributed by atoms with E-state index in [0.717, 1.165) is 18.4 Å². The Morgan fingerprint density at radius 3 is 2.43 bits per heavy atom. The zero-order valence-electron chi connectivity index (χ0n) is 16.5. The second kappa shape index (κ2) is 8.20. The lowest BCUT2D eigenvalue weighted by Crippen LogP contribution is -2.35. The molecule has 0 bridgehead atoms. The molecule has 0 unspecified atom stereocenters. The standard InChI is InChI=1S/C23H22N2O4S/c1-29-20-13-10-18(11-14-20)23(26)24-19-12-9-17-6-5-15-25(22(17)16-19)30(27,28)21-7-3-2-4-8-21/h2-4,7-14,16H,5-6,15H2,1H3,(H,24,26). The number of hydrogen-bond donors (Lipinski definition) is 1. The van der Waals surface area contributed by atoms with E-state index in [4.69, 9.17) is 4.74 Å². The number of ether oxygens (including phenoxy) is 1. The first kappa shape index (κ1) is 20.0. The smallest absolute Gasteiger partial charge is 0.264 e. The van der Waals surface area contributed by atoms with Gasteiger partial charge in [-0.25, -0.2) is 8.42 Å². The molecule has 0 atom stereocenters. The van der Waals surface area contributed by atoms with Crippen LogP contribution in [0, 0.1) is 0 Å². The molecule has 0 fully saturated rings. The molecular weight excluding hydrogens is 400 g/mol. The molecule has 30 heavy (non-hydrogen) atoms. The number of sulfonamides is 1. The number of hydrogen-bond acceptors (Lipinski definition) is 4. The van der Waals surface area contributed by atoms with Crippen molar-refractivity contribution in [1.82, 2.24) is 0 Å². The number of aryl methyl sites for hydroxylation is 1. The number of amides is 1. The summed E-state index contributed by atoms with van der Waals surface area (Å²) in [4.78, 5) is 12.9. The van der Waals surface area contributed by atoms with Crippen LogP contribution in [0.25, 0.3) is 0 Å². The summed E-state index contributed by atoms with van der Waals surface area (Å²) in [7, 11) is -2.11. The monoisotopic (exact) mass is 422 g/mol. The zero-order chi connectivity index (χ0) is 21.1. The van der Waals surface area contributed by atoms with Crippen LogP contribution in [0.1, 0.15) is 22.3 Å². The third-order valence-electron chi connectivity index (χ3n) is 5.10. The Balaban J connectivity index is 1.63. The van der Waals surface area contributed by atoms with Gasteiger partial charge in [0.05, 0.1) is 17.7 Å². The lowest BCUT2D eigenvalue weighted by atomic mass is 10.0. The fourth-order valence-corrected chi connectivity index (χ4v) is 5.09. The molecule has 1 amide bonds. The molecule has 1 aliphatic rings. The summed E-state index contributed by atoms with van der Waals surface area (Å²) in [6.45, 7) is 0.403. The number of anilines is 2. The number of carbonyl (C=O) groups is 1. The van der Waals surface area contributed by atoms with Crippen molar-refractivity contribution in [3.63, 3.8) is 0 Å². The van der Waals surface area contributed by atoms with E-state index in [1.807, 2.05) is 6.07 Å². The second-order valence-corrected chi connectivity index (χ2v) is 8.88. The van der Waals surface area contributed by atoms with Crippen LogP contribution in [0.3, 0.4) is 0 Å². The van der Waals surface area contributed by atoms with Gasteiger partial charge in [0.15, 0.2) is 0 Å². The molecule has 1 heterocycles. The van der Waals surface area contributed by atoms with E-state index >= 15 is 0 Å². The van der Waals surface area contributed by atoms with Gasteiger partial charge in [-0.15, -0.1) is 0 Å². The molecule has 0 radical (unpaired) electrons. The first-order chi connectivity index (χ1) is 14.5. The highest BCUT2D eigenvalue weighted by Gasteiger charge is 2.29. The lowest BCUT2D eigenvalue weighted by Gasteiger charge is -2.31. The number of carbonyl (C=O) groups excluding carboxylic acids is 1. The Hall–Kier alpha value is -3.32. The van der Waals surface area contributed by atoms with E-state index in [1.165, 1.54) is 4.31 Å². The molecule has 0 aliphatic carbocycles. The minimum atomic E-state index is -3.67. The molecule has 154 valence electrons. The molecule has 0 aromatic heterocycles. The SMILES string of the molecule is COc1ccc(C(=O)Nc2ccc3c(c2)N(S(=O)(=O)c2ccccc2)CCC3)cc1. The van der Waals surface area contributed by atoms with Gasteiger partial charge in [-0.2, -0.15) is 0 Å². The third kappa shape index (κ3) is 3.89. The van der Waals surface area contributed by atoms with Crippen molar-refractivity contribution in [1.29, 1.82) is 0 Å². The fourth-order valence-electron chi connectivity index (χ4n) is 3.53. The van der Waals surface area contributed by atoms with Crippen LogP contribution in [0.5, 0.6) is 5.75 Å². The van der Waals surface area contributed by atoms with Crippen LogP contribution in [0.4, 0.5) is 11.4 Å². The summed E-state index contributed by atoms with van der Waals surface area (Å²) in [5.74, 6) is 0.396. The second-order valence-electron chi connectivity index (χ2n) is 7.02. The maximum Gasteiger partial charge on any atom is 0.264 e. The highest BCUT2D eigenvalue weighted by atomic mass is 32.2. The molecule has 0 spiro atoms. The van der Waals surface area contributed by atoms with Crippen LogP contribution in [-0.2, 0) is 16.4 Å². The molecule has 0 saturated carbocycles. The number of fused-ring (bicyclic) bond motifs is 1. The Bertz CT molecular complexity index is 1160. The number of rotatable bonds is 5. The Kier molecular flexibility index (Phi) is 5.46. The normalized spacial score (nSPS) is 13.4. The fraction of sp³-hybridized carbons (Fsp3) is 0.174. The van der Waals surface area contributed by atoms with Crippen molar-refractivity contribution in [3.05, 3.63) is 83.9 Å². The molecule has 1 aliphatic heterocycles. The largest absolute Gasteiger partial charge is 0.497 e. The summed E-state index contributed by atoms with van der Waals surface area (Å²) >= 11 is 0. The van der Waals surface area contributed by atoms with Crippen LogP contribution in [-0.4, -0.2) is 28.0 Å². The first-order valence-electron chi connectivity index (χ1n) is 9.65. The minimum Gasteiger partial charge on any atom is -0.497 e. The third-order valence-corrected chi connectivity index (χ3v) is 6.93. The molecule has 4 rings (SSSR count). The lowest BCUT2D eigenvalue weighted by molar-refractivity contribution is 0.102. The number of benzene rings is 3. The molecule has 3 aromatic rings. The predicted octanol–water partition coefficient (Wildman–Crippen LogP) is 4.09. The van der Waals surface area contributed by atoms with Crippen LogP contribution in [0.15, 0.2) is 77.7 Å². The van der Waals surface area contributed by atoms with Crippen LogP contribution < -0.4 is 14.4 Å². The topological polar surface area (TPSA) is 75.7 Å². The number of methoxy groups -OCH3 is 1. The van der Waals surface area contributed by atoms with Gasteiger partial charge in [0, 0.05) is 17.8 Å². The van der Waals surface area contributed by atoms with E-state index in [0.29, 0.717) is 29.2 Å². The van der Waals surface area contributed by atoms with E-state index in [-0.39, 0.29) is 10.8 Å². The highest BCUT2D eigenvalue weighted by Crippen LogP contribution is 2.34. The average molecular weight is 423 g/mol. The number of nitrogens with one attached hydrogen (secondary N) is 1. The van der Waals surface area contributed by atoms with Gasteiger partial charge in [0.25, 0.3) is 15.9 Å². The summed E-state index contributed by atoms with van der Waals surface area (Å²) < 4.78 is 32.9. The van der Waals surface area contributed by atoms with Crippen LogP contribution in [0.2, 0.25) is 0 Å². The predicted molar refractivity (Wildman–Crippen MR) is 117 cm³/mol. The van der Waals surface area contributed by atoms with Crippen molar-refractivity contribution in [3.8, 4) is 5.75 Å². The van der Waals surface area contributed by atoms with E-state index in [2.05, 4.69) is 5.32 Å². The highest BCUT2D eigenvalue weighted by molar-refractivity contribution is 7.92. The quantitative estimate of drug-likeness (QED) is 0.672. The summed E-state index contributed by atoms with van der Waals surface area (Å²) in [5, 5.41) is 2.86. The van der Waals surface area contributed by atoms with Gasteiger partial charge >= 0.3 is 0 Å². The molecule has 7 heteroatoms. The van der Waals surface area contributed by atoms with Gasteiger partial charge in [0.2, 0.25) is 0 Å². The van der Waals surface area contributed by atoms with Crippen molar-refractivity contribution in [2.75, 3.05) is 23.3 Å². The molecule has 1 N–H and O–H groups in total. The van der Waals surface area contributed by atoms with Gasteiger partial charge < -0.3 is 10.1 Å². The Morgan fingerprint density at radius 1 is 1.00 bits per heavy atom. The summed E-state index contributed by atoms with van der Waals surface area (Å²) in [6, 6.07) is 20.6. The van der Waals surface area contributed by atoms with Crippen molar-refractivity contribution in [2.45, 2.75) is 17.7 Å². The van der Waals surface area contributed by atoms with E-state index in [1.54, 1.807) is 73.8 Å². The average Bonchev–Trinajstić information content (AvgIpc) is 2.79.